The zero-order chi connectivity index (χ0) is 9.84. The number of rotatable bonds is 2. The van der Waals surface area contributed by atoms with Crippen molar-refractivity contribution < 1.29 is 9.53 Å². The molecule has 2 atom stereocenters. The van der Waals surface area contributed by atoms with Crippen LogP contribution >= 0.6 is 0 Å². The van der Waals surface area contributed by atoms with E-state index in [9.17, 15) is 4.79 Å². The van der Waals surface area contributed by atoms with Crippen LogP contribution in [0.5, 0.6) is 0 Å². The van der Waals surface area contributed by atoms with Crippen LogP contribution in [-0.2, 0) is 9.53 Å². The summed E-state index contributed by atoms with van der Waals surface area (Å²) in [7, 11) is 0. The minimum Gasteiger partial charge on any atom is -0.379 e. The number of nitrogens with two attached hydrogens (primary N) is 1. The topological polar surface area (TPSA) is 55.6 Å². The minimum absolute atomic E-state index is 0.115. The fraction of sp³-hybridized carbons (Fsp3) is 0.889. The number of ether oxygens (including phenoxy) is 1. The fourth-order valence-electron chi connectivity index (χ4n) is 1.66. The monoisotopic (exact) mass is 186 g/mol. The Labute approximate surface area is 79.0 Å². The van der Waals surface area contributed by atoms with E-state index >= 15 is 0 Å². The third kappa shape index (κ3) is 2.42. The Morgan fingerprint density at radius 1 is 1.77 bits per heavy atom. The van der Waals surface area contributed by atoms with Crippen LogP contribution in [0.25, 0.3) is 0 Å². The second kappa shape index (κ2) is 4.58. The first-order valence-electron chi connectivity index (χ1n) is 4.75. The Balaban J connectivity index is 2.68. The van der Waals surface area contributed by atoms with E-state index in [4.69, 9.17) is 10.5 Å². The zero-order valence-electron chi connectivity index (χ0n) is 8.32. The summed E-state index contributed by atoms with van der Waals surface area (Å²) in [5, 5.41) is 0. The van der Waals surface area contributed by atoms with Crippen molar-refractivity contribution in [3.05, 3.63) is 0 Å². The molecule has 4 heteroatoms. The van der Waals surface area contributed by atoms with Crippen molar-refractivity contribution in [2.75, 3.05) is 19.8 Å². The third-order valence-electron chi connectivity index (χ3n) is 2.40. The van der Waals surface area contributed by atoms with Crippen molar-refractivity contribution in [3.63, 3.8) is 0 Å². The molecule has 4 nitrogen and oxygen atoms in total. The summed E-state index contributed by atoms with van der Waals surface area (Å²) in [6, 6.07) is 0.262. The molecular formula is C9H18N2O2. The van der Waals surface area contributed by atoms with Crippen LogP contribution in [0.15, 0.2) is 0 Å². The third-order valence-corrected chi connectivity index (χ3v) is 2.40. The summed E-state index contributed by atoms with van der Waals surface area (Å²) in [5.41, 5.74) is 5.54. The molecule has 13 heavy (non-hydrogen) atoms. The molecule has 1 rings (SSSR count). The second-order valence-corrected chi connectivity index (χ2v) is 3.56. The van der Waals surface area contributed by atoms with Gasteiger partial charge in [0, 0.05) is 12.6 Å². The molecule has 0 aromatic carbocycles. The molecule has 2 N–H and O–H groups in total. The Morgan fingerprint density at radius 3 is 3.08 bits per heavy atom. The number of nitrogens with zero attached hydrogens (tertiary/aromatic N) is 1. The molecule has 1 saturated heterocycles. The van der Waals surface area contributed by atoms with Gasteiger partial charge in [-0.15, -0.1) is 0 Å². The second-order valence-electron chi connectivity index (χ2n) is 3.56. The van der Waals surface area contributed by atoms with E-state index in [0.717, 1.165) is 0 Å². The summed E-state index contributed by atoms with van der Waals surface area (Å²) >= 11 is 0. The molecule has 1 aliphatic heterocycles. The lowest BCUT2D eigenvalue weighted by molar-refractivity contribution is -0.134. The van der Waals surface area contributed by atoms with Crippen LogP contribution in [0.1, 0.15) is 20.3 Å². The fourth-order valence-corrected chi connectivity index (χ4v) is 1.66. The number of hydrogen-bond acceptors (Lipinski definition) is 3. The number of hydrogen-bond donors (Lipinski definition) is 1. The van der Waals surface area contributed by atoms with Crippen LogP contribution in [0.3, 0.4) is 0 Å². The van der Waals surface area contributed by atoms with Crippen LogP contribution in [-0.4, -0.2) is 42.6 Å². The quantitative estimate of drug-likeness (QED) is 0.659. The van der Waals surface area contributed by atoms with Crippen molar-refractivity contribution in [2.45, 2.75) is 32.4 Å². The van der Waals surface area contributed by atoms with Crippen molar-refractivity contribution in [1.29, 1.82) is 0 Å². The van der Waals surface area contributed by atoms with Gasteiger partial charge in [0.2, 0.25) is 5.91 Å². The van der Waals surface area contributed by atoms with E-state index in [1.54, 1.807) is 0 Å². The highest BCUT2D eigenvalue weighted by Crippen LogP contribution is 2.11. The smallest absolute Gasteiger partial charge is 0.225 e. The summed E-state index contributed by atoms with van der Waals surface area (Å²) < 4.78 is 5.30. The first-order valence-corrected chi connectivity index (χ1v) is 4.75. The number of amides is 1. The lowest BCUT2D eigenvalue weighted by atomic mass is 10.2. The normalized spacial score (nSPS) is 27.2. The van der Waals surface area contributed by atoms with Crippen LogP contribution in [0, 0.1) is 0 Å². The van der Waals surface area contributed by atoms with Gasteiger partial charge in [0.15, 0.2) is 0 Å². The predicted octanol–water partition coefficient (Wildman–Crippen LogP) is -0.0290. The maximum atomic E-state index is 11.6. The molecule has 76 valence electrons. The maximum Gasteiger partial charge on any atom is 0.225 e. The van der Waals surface area contributed by atoms with Gasteiger partial charge in [-0.1, -0.05) is 0 Å². The highest BCUT2D eigenvalue weighted by atomic mass is 16.5. The molecule has 0 aromatic heterocycles. The van der Waals surface area contributed by atoms with E-state index in [1.165, 1.54) is 0 Å². The molecule has 0 bridgehead atoms. The zero-order valence-corrected chi connectivity index (χ0v) is 8.32. The van der Waals surface area contributed by atoms with E-state index < -0.39 is 0 Å². The highest BCUT2D eigenvalue weighted by molar-refractivity contribution is 5.77. The van der Waals surface area contributed by atoms with Gasteiger partial charge in [-0.2, -0.15) is 0 Å². The van der Waals surface area contributed by atoms with Crippen molar-refractivity contribution in [3.8, 4) is 0 Å². The Morgan fingerprint density at radius 2 is 2.46 bits per heavy atom. The molecule has 0 aliphatic carbocycles. The molecule has 1 aliphatic rings. The lowest BCUT2D eigenvalue weighted by Crippen LogP contribution is -2.48. The maximum absolute atomic E-state index is 11.6. The van der Waals surface area contributed by atoms with Gasteiger partial charge in [0.25, 0.3) is 0 Å². The summed E-state index contributed by atoms with van der Waals surface area (Å²) in [6.45, 7) is 5.64. The van der Waals surface area contributed by atoms with Crippen molar-refractivity contribution >= 4 is 5.91 Å². The van der Waals surface area contributed by atoms with Crippen LogP contribution < -0.4 is 5.73 Å². The molecule has 1 heterocycles. The van der Waals surface area contributed by atoms with Crippen LogP contribution in [0.4, 0.5) is 0 Å². The summed E-state index contributed by atoms with van der Waals surface area (Å²) in [5.74, 6) is 0.156. The predicted molar refractivity (Wildman–Crippen MR) is 50.3 cm³/mol. The van der Waals surface area contributed by atoms with E-state index in [0.29, 0.717) is 26.2 Å². The standard InChI is InChI=1S/C9H18N2O2/c1-7(5-10)11-8(2)6-13-4-3-9(11)12/h7-8H,3-6,10H2,1-2H3. The average molecular weight is 186 g/mol. The number of carbonyl (C=O) groups is 1. The van der Waals surface area contributed by atoms with Gasteiger partial charge in [0.05, 0.1) is 25.7 Å². The Hall–Kier alpha value is -0.610. The largest absolute Gasteiger partial charge is 0.379 e. The Bertz CT molecular complexity index is 184. The molecular weight excluding hydrogens is 168 g/mol. The molecule has 2 unspecified atom stereocenters. The summed E-state index contributed by atoms with van der Waals surface area (Å²) in [4.78, 5) is 13.5. The summed E-state index contributed by atoms with van der Waals surface area (Å²) in [6.07, 6.45) is 0.481. The molecule has 0 radical (unpaired) electrons. The van der Waals surface area contributed by atoms with Crippen LogP contribution in [0.2, 0.25) is 0 Å². The van der Waals surface area contributed by atoms with Gasteiger partial charge >= 0.3 is 0 Å². The van der Waals surface area contributed by atoms with E-state index in [1.807, 2.05) is 18.7 Å². The van der Waals surface area contributed by atoms with Crippen molar-refractivity contribution in [1.82, 2.24) is 4.90 Å². The van der Waals surface area contributed by atoms with Gasteiger partial charge < -0.3 is 15.4 Å². The van der Waals surface area contributed by atoms with Gasteiger partial charge in [-0.05, 0) is 13.8 Å². The van der Waals surface area contributed by atoms with Gasteiger partial charge in [-0.3, -0.25) is 4.79 Å². The number of carbonyl (C=O) groups excluding carboxylic acids is 1. The van der Waals surface area contributed by atoms with Gasteiger partial charge in [0.1, 0.15) is 0 Å². The molecule has 1 amide bonds. The van der Waals surface area contributed by atoms with Crippen molar-refractivity contribution in [2.24, 2.45) is 5.73 Å². The molecule has 1 fully saturated rings. The lowest BCUT2D eigenvalue weighted by Gasteiger charge is -2.31. The first kappa shape index (κ1) is 10.5. The average Bonchev–Trinajstić information content (AvgIpc) is 2.27. The molecule has 0 spiro atoms. The van der Waals surface area contributed by atoms with E-state index in [2.05, 4.69) is 0 Å². The van der Waals surface area contributed by atoms with Gasteiger partial charge in [-0.25, -0.2) is 0 Å². The Kier molecular flexibility index (Phi) is 3.69. The minimum atomic E-state index is 0.115. The molecule has 0 aromatic rings. The molecule has 0 saturated carbocycles. The first-order chi connectivity index (χ1) is 6.16. The van der Waals surface area contributed by atoms with E-state index in [-0.39, 0.29) is 18.0 Å². The SMILES string of the molecule is CC(CN)N1C(=O)CCOCC1C. The highest BCUT2D eigenvalue weighted by Gasteiger charge is 2.26.